The van der Waals surface area contributed by atoms with Crippen molar-refractivity contribution < 1.29 is 19.4 Å². The van der Waals surface area contributed by atoms with E-state index in [1.54, 1.807) is 49.4 Å². The molecule has 120 valence electrons. The van der Waals surface area contributed by atoms with Gasteiger partial charge in [-0.05, 0) is 37.3 Å². The normalized spacial score (nSPS) is 11.0. The fourth-order valence-corrected chi connectivity index (χ4v) is 1.97. The second kappa shape index (κ2) is 7.31. The Morgan fingerprint density at radius 1 is 1.04 bits per heavy atom. The summed E-state index contributed by atoms with van der Waals surface area (Å²) in [5, 5.41) is 13.5. The maximum atomic E-state index is 12.2. The molecule has 2 rings (SSSR count). The van der Waals surface area contributed by atoms with Crippen molar-refractivity contribution in [2.75, 3.05) is 14.2 Å². The van der Waals surface area contributed by atoms with E-state index in [1.807, 2.05) is 0 Å². The average molecular weight is 314 g/mol. The first-order chi connectivity index (χ1) is 11.0. The van der Waals surface area contributed by atoms with Crippen LogP contribution in [-0.4, -0.2) is 30.9 Å². The molecule has 0 aliphatic heterocycles. The van der Waals surface area contributed by atoms with E-state index in [9.17, 15) is 9.90 Å². The van der Waals surface area contributed by atoms with Gasteiger partial charge in [0.2, 0.25) is 0 Å². The van der Waals surface area contributed by atoms with E-state index < -0.39 is 0 Å². The number of carbonyl (C=O) groups is 1. The summed E-state index contributed by atoms with van der Waals surface area (Å²) < 4.78 is 10.3. The van der Waals surface area contributed by atoms with Crippen molar-refractivity contribution >= 4 is 11.6 Å². The summed E-state index contributed by atoms with van der Waals surface area (Å²) in [6.45, 7) is 1.74. The molecule has 0 aromatic heterocycles. The molecule has 0 aliphatic rings. The highest BCUT2D eigenvalue weighted by atomic mass is 16.5. The Kier molecular flexibility index (Phi) is 5.19. The minimum absolute atomic E-state index is 0.142. The summed E-state index contributed by atoms with van der Waals surface area (Å²) in [4.78, 5) is 12.2. The van der Waals surface area contributed by atoms with Crippen molar-refractivity contribution in [2.24, 2.45) is 5.10 Å². The van der Waals surface area contributed by atoms with Crippen LogP contribution in [0.25, 0.3) is 0 Å². The van der Waals surface area contributed by atoms with Gasteiger partial charge in [0.05, 0.1) is 19.9 Å². The topological polar surface area (TPSA) is 80.2 Å². The number of benzene rings is 2. The lowest BCUT2D eigenvalue weighted by atomic mass is 10.1. The lowest BCUT2D eigenvalue weighted by Gasteiger charge is -2.09. The fraction of sp³-hybridized carbons (Fsp3) is 0.176. The molecule has 0 unspecified atom stereocenters. The SMILES string of the molecule is COc1ccc(C(=O)NN=C(C)c2cccc(O)c2)cc1OC. The summed E-state index contributed by atoms with van der Waals surface area (Å²) in [6.07, 6.45) is 0. The summed E-state index contributed by atoms with van der Waals surface area (Å²) in [7, 11) is 3.03. The maximum absolute atomic E-state index is 12.2. The van der Waals surface area contributed by atoms with E-state index in [2.05, 4.69) is 10.5 Å². The van der Waals surface area contributed by atoms with Gasteiger partial charge in [0.25, 0.3) is 5.91 Å². The molecule has 0 atom stereocenters. The zero-order valence-electron chi connectivity index (χ0n) is 13.2. The molecule has 0 aliphatic carbocycles. The highest BCUT2D eigenvalue weighted by Gasteiger charge is 2.10. The van der Waals surface area contributed by atoms with Crippen LogP contribution in [0.5, 0.6) is 17.2 Å². The number of hydrazone groups is 1. The minimum atomic E-state index is -0.370. The molecule has 0 saturated heterocycles. The molecule has 0 spiro atoms. The van der Waals surface area contributed by atoms with E-state index in [1.165, 1.54) is 14.2 Å². The Labute approximate surface area is 134 Å². The standard InChI is InChI=1S/C17H18N2O4/c1-11(12-5-4-6-14(20)9-12)18-19-17(21)13-7-8-15(22-2)16(10-13)23-3/h4-10,20H,1-3H3,(H,19,21). The third-order valence-corrected chi connectivity index (χ3v) is 3.23. The third kappa shape index (κ3) is 4.00. The van der Waals surface area contributed by atoms with Crippen LogP contribution in [-0.2, 0) is 0 Å². The summed E-state index contributed by atoms with van der Waals surface area (Å²) in [6, 6.07) is 11.5. The first-order valence-electron chi connectivity index (χ1n) is 6.91. The van der Waals surface area contributed by atoms with Gasteiger partial charge in [-0.3, -0.25) is 4.79 Å². The number of nitrogens with one attached hydrogen (secondary N) is 1. The molecule has 2 N–H and O–H groups in total. The van der Waals surface area contributed by atoms with Crippen LogP contribution in [0.1, 0.15) is 22.8 Å². The molecule has 2 aromatic carbocycles. The van der Waals surface area contributed by atoms with Gasteiger partial charge in [-0.1, -0.05) is 12.1 Å². The smallest absolute Gasteiger partial charge is 0.271 e. The fourth-order valence-electron chi connectivity index (χ4n) is 1.97. The van der Waals surface area contributed by atoms with Gasteiger partial charge in [-0.15, -0.1) is 0 Å². The van der Waals surface area contributed by atoms with E-state index in [0.717, 1.165) is 5.56 Å². The van der Waals surface area contributed by atoms with Crippen molar-refractivity contribution in [1.29, 1.82) is 0 Å². The molecular formula is C17H18N2O4. The van der Waals surface area contributed by atoms with Crippen molar-refractivity contribution in [2.45, 2.75) is 6.92 Å². The summed E-state index contributed by atoms with van der Waals surface area (Å²) in [5.41, 5.74) is 4.17. The number of hydrogen-bond donors (Lipinski definition) is 2. The molecular weight excluding hydrogens is 296 g/mol. The van der Waals surface area contributed by atoms with Crippen LogP contribution < -0.4 is 14.9 Å². The third-order valence-electron chi connectivity index (χ3n) is 3.23. The number of phenols is 1. The van der Waals surface area contributed by atoms with Gasteiger partial charge in [0, 0.05) is 11.1 Å². The molecule has 0 saturated carbocycles. The molecule has 0 radical (unpaired) electrons. The summed E-state index contributed by atoms with van der Waals surface area (Å²) in [5.74, 6) is 0.783. The molecule has 0 heterocycles. The van der Waals surface area contributed by atoms with Crippen LogP contribution in [0.4, 0.5) is 0 Å². The first-order valence-corrected chi connectivity index (χ1v) is 6.91. The number of hydrogen-bond acceptors (Lipinski definition) is 5. The number of carbonyl (C=O) groups excluding carboxylic acids is 1. The average Bonchev–Trinajstić information content (AvgIpc) is 2.58. The van der Waals surface area contributed by atoms with Gasteiger partial charge in [0.1, 0.15) is 5.75 Å². The Morgan fingerprint density at radius 2 is 1.78 bits per heavy atom. The number of phenolic OH excluding ortho intramolecular Hbond substituents is 1. The Hall–Kier alpha value is -3.02. The van der Waals surface area contributed by atoms with E-state index in [0.29, 0.717) is 22.8 Å². The number of ether oxygens (including phenoxy) is 2. The zero-order valence-corrected chi connectivity index (χ0v) is 13.2. The van der Waals surface area contributed by atoms with Crippen LogP contribution in [0.15, 0.2) is 47.6 Å². The van der Waals surface area contributed by atoms with Gasteiger partial charge in [0.15, 0.2) is 11.5 Å². The molecule has 0 bridgehead atoms. The molecule has 6 heteroatoms. The number of methoxy groups -OCH3 is 2. The molecule has 23 heavy (non-hydrogen) atoms. The largest absolute Gasteiger partial charge is 0.508 e. The lowest BCUT2D eigenvalue weighted by Crippen LogP contribution is -2.19. The van der Waals surface area contributed by atoms with Crippen LogP contribution >= 0.6 is 0 Å². The van der Waals surface area contributed by atoms with Gasteiger partial charge >= 0.3 is 0 Å². The van der Waals surface area contributed by atoms with E-state index in [-0.39, 0.29) is 11.7 Å². The maximum Gasteiger partial charge on any atom is 0.271 e. The number of aromatic hydroxyl groups is 1. The zero-order chi connectivity index (χ0) is 16.8. The van der Waals surface area contributed by atoms with E-state index >= 15 is 0 Å². The minimum Gasteiger partial charge on any atom is -0.508 e. The van der Waals surface area contributed by atoms with E-state index in [4.69, 9.17) is 9.47 Å². The van der Waals surface area contributed by atoms with Gasteiger partial charge in [-0.2, -0.15) is 5.10 Å². The Bertz CT molecular complexity index is 741. The predicted molar refractivity (Wildman–Crippen MR) is 87.3 cm³/mol. The molecule has 1 amide bonds. The lowest BCUT2D eigenvalue weighted by molar-refractivity contribution is 0.0954. The van der Waals surface area contributed by atoms with Gasteiger partial charge in [-0.25, -0.2) is 5.43 Å². The molecule has 0 fully saturated rings. The van der Waals surface area contributed by atoms with Gasteiger partial charge < -0.3 is 14.6 Å². The summed E-state index contributed by atoms with van der Waals surface area (Å²) >= 11 is 0. The quantitative estimate of drug-likeness (QED) is 0.656. The first kappa shape index (κ1) is 16.4. The number of amides is 1. The molecule has 6 nitrogen and oxygen atoms in total. The molecule has 2 aromatic rings. The second-order valence-electron chi connectivity index (χ2n) is 4.76. The van der Waals surface area contributed by atoms with Crippen molar-refractivity contribution in [1.82, 2.24) is 5.43 Å². The Morgan fingerprint density at radius 3 is 2.43 bits per heavy atom. The van der Waals surface area contributed by atoms with Crippen molar-refractivity contribution in [3.05, 3.63) is 53.6 Å². The van der Waals surface area contributed by atoms with Crippen LogP contribution in [0.3, 0.4) is 0 Å². The Balaban J connectivity index is 2.14. The van der Waals surface area contributed by atoms with Crippen molar-refractivity contribution in [3.8, 4) is 17.2 Å². The van der Waals surface area contributed by atoms with Crippen LogP contribution in [0, 0.1) is 0 Å². The van der Waals surface area contributed by atoms with Crippen LogP contribution in [0.2, 0.25) is 0 Å². The number of rotatable bonds is 5. The van der Waals surface area contributed by atoms with Crippen molar-refractivity contribution in [3.63, 3.8) is 0 Å². The number of nitrogens with zero attached hydrogens (tertiary/aromatic N) is 1. The predicted octanol–water partition coefficient (Wildman–Crippen LogP) is 2.56. The highest BCUT2D eigenvalue weighted by Crippen LogP contribution is 2.27. The second-order valence-corrected chi connectivity index (χ2v) is 4.76. The monoisotopic (exact) mass is 314 g/mol. The highest BCUT2D eigenvalue weighted by molar-refractivity contribution is 6.01.